The van der Waals surface area contributed by atoms with Crippen molar-refractivity contribution in [3.8, 4) is 22.3 Å². The zero-order chi connectivity index (χ0) is 11.7. The van der Waals surface area contributed by atoms with Gasteiger partial charge >= 0.3 is 0 Å². The van der Waals surface area contributed by atoms with Crippen molar-refractivity contribution in [1.82, 2.24) is 0 Å². The van der Waals surface area contributed by atoms with Gasteiger partial charge in [-0.05, 0) is 22.3 Å². The zero-order valence-electron chi connectivity index (χ0n) is 9.80. The normalized spacial score (nSPS) is 10.6. The SMILES string of the molecule is C[n+]1ccc(-c2ccc3cccccc2-3)cc1. The van der Waals surface area contributed by atoms with E-state index in [4.69, 9.17) is 0 Å². The molecule has 82 valence electrons. The van der Waals surface area contributed by atoms with E-state index in [2.05, 4.69) is 71.6 Å². The van der Waals surface area contributed by atoms with Crippen molar-refractivity contribution in [2.24, 2.45) is 7.05 Å². The minimum absolute atomic E-state index is 1.27. The number of hydrogen-bond donors (Lipinski definition) is 0. The average molecular weight is 220 g/mol. The van der Waals surface area contributed by atoms with Crippen LogP contribution in [0.3, 0.4) is 0 Å². The predicted octanol–water partition coefficient (Wildman–Crippen LogP) is 3.28. The molecule has 0 atom stereocenters. The summed E-state index contributed by atoms with van der Waals surface area (Å²) >= 11 is 0. The molecule has 3 rings (SSSR count). The zero-order valence-corrected chi connectivity index (χ0v) is 9.80. The molecule has 0 fully saturated rings. The second-order valence-electron chi connectivity index (χ2n) is 4.28. The molecular formula is C16H14N+. The van der Waals surface area contributed by atoms with E-state index in [1.54, 1.807) is 0 Å². The van der Waals surface area contributed by atoms with E-state index in [0.29, 0.717) is 0 Å². The standard InChI is InChI=1S/C16H14N/c1-17-11-9-14(10-12-17)16-8-7-13-5-3-2-4-6-15(13)16/h2-12H,1H3/q+1. The van der Waals surface area contributed by atoms with Crippen LogP contribution in [0.2, 0.25) is 0 Å². The molecule has 0 saturated heterocycles. The minimum atomic E-state index is 1.27. The highest BCUT2D eigenvalue weighted by molar-refractivity contribution is 5.85. The van der Waals surface area contributed by atoms with Gasteiger partial charge in [-0.15, -0.1) is 0 Å². The Hall–Kier alpha value is -2.15. The average Bonchev–Trinajstić information content (AvgIpc) is 2.60. The molecule has 0 bridgehead atoms. The van der Waals surface area contributed by atoms with Crippen molar-refractivity contribution in [3.05, 3.63) is 67.0 Å². The van der Waals surface area contributed by atoms with Crippen LogP contribution in [0.5, 0.6) is 0 Å². The molecule has 0 aliphatic heterocycles. The first-order valence-corrected chi connectivity index (χ1v) is 5.78. The highest BCUT2D eigenvalue weighted by atomic mass is 14.9. The van der Waals surface area contributed by atoms with Crippen molar-refractivity contribution in [2.75, 3.05) is 0 Å². The highest BCUT2D eigenvalue weighted by Crippen LogP contribution is 2.34. The minimum Gasteiger partial charge on any atom is -0.208 e. The second-order valence-corrected chi connectivity index (χ2v) is 4.28. The Morgan fingerprint density at radius 2 is 1.29 bits per heavy atom. The number of aromatic nitrogens is 1. The lowest BCUT2D eigenvalue weighted by Gasteiger charge is -2.00. The molecule has 0 saturated carbocycles. The quantitative estimate of drug-likeness (QED) is 0.554. The number of hydrogen-bond acceptors (Lipinski definition) is 0. The molecule has 0 N–H and O–H groups in total. The third kappa shape index (κ3) is 1.80. The summed E-state index contributed by atoms with van der Waals surface area (Å²) in [5.41, 5.74) is 5.17. The van der Waals surface area contributed by atoms with Crippen molar-refractivity contribution in [3.63, 3.8) is 0 Å². The van der Waals surface area contributed by atoms with Gasteiger partial charge in [0.15, 0.2) is 12.4 Å². The van der Waals surface area contributed by atoms with E-state index >= 15 is 0 Å². The third-order valence-corrected chi connectivity index (χ3v) is 3.08. The highest BCUT2D eigenvalue weighted by Gasteiger charge is 2.09. The van der Waals surface area contributed by atoms with Crippen molar-refractivity contribution in [1.29, 1.82) is 0 Å². The van der Waals surface area contributed by atoms with Crippen molar-refractivity contribution < 1.29 is 4.57 Å². The molecule has 2 aliphatic rings. The molecule has 1 aromatic rings. The fourth-order valence-corrected chi connectivity index (χ4v) is 2.15. The van der Waals surface area contributed by atoms with Gasteiger partial charge in [0, 0.05) is 12.1 Å². The van der Waals surface area contributed by atoms with E-state index in [0.717, 1.165) is 0 Å². The van der Waals surface area contributed by atoms with E-state index in [9.17, 15) is 0 Å². The summed E-state index contributed by atoms with van der Waals surface area (Å²) in [6.07, 6.45) is 4.16. The number of pyridine rings is 1. The van der Waals surface area contributed by atoms with E-state index < -0.39 is 0 Å². The summed E-state index contributed by atoms with van der Waals surface area (Å²) in [5.74, 6) is 0. The topological polar surface area (TPSA) is 3.88 Å². The van der Waals surface area contributed by atoms with Gasteiger partial charge in [-0.25, -0.2) is 4.57 Å². The van der Waals surface area contributed by atoms with Gasteiger partial charge in [-0.3, -0.25) is 0 Å². The van der Waals surface area contributed by atoms with Crippen LogP contribution in [0.4, 0.5) is 0 Å². The molecular weight excluding hydrogens is 206 g/mol. The van der Waals surface area contributed by atoms with Crippen LogP contribution < -0.4 is 4.57 Å². The largest absolute Gasteiger partial charge is 0.208 e. The first-order valence-electron chi connectivity index (χ1n) is 5.78. The fourth-order valence-electron chi connectivity index (χ4n) is 2.15. The molecule has 0 aromatic carbocycles. The number of rotatable bonds is 1. The van der Waals surface area contributed by atoms with Gasteiger partial charge in [0.25, 0.3) is 0 Å². The Morgan fingerprint density at radius 1 is 0.647 bits per heavy atom. The third-order valence-electron chi connectivity index (χ3n) is 3.08. The lowest BCUT2D eigenvalue weighted by molar-refractivity contribution is -0.671. The van der Waals surface area contributed by atoms with E-state index in [1.807, 2.05) is 7.05 Å². The lowest BCUT2D eigenvalue weighted by Crippen LogP contribution is -2.25. The Balaban J connectivity index is 2.17. The van der Waals surface area contributed by atoms with Gasteiger partial charge in [0.1, 0.15) is 7.05 Å². The summed E-state index contributed by atoms with van der Waals surface area (Å²) < 4.78 is 2.05. The van der Waals surface area contributed by atoms with Crippen LogP contribution in [-0.4, -0.2) is 0 Å². The van der Waals surface area contributed by atoms with Crippen molar-refractivity contribution >= 4 is 0 Å². The number of nitrogens with zero attached hydrogens (tertiary/aromatic N) is 1. The van der Waals surface area contributed by atoms with Gasteiger partial charge in [0.05, 0.1) is 0 Å². The molecule has 17 heavy (non-hydrogen) atoms. The summed E-state index contributed by atoms with van der Waals surface area (Å²) in [6, 6.07) is 19.3. The van der Waals surface area contributed by atoms with Crippen LogP contribution >= 0.6 is 0 Å². The lowest BCUT2D eigenvalue weighted by atomic mass is 10.0. The van der Waals surface area contributed by atoms with Gasteiger partial charge in [0.2, 0.25) is 0 Å². The molecule has 1 aromatic heterocycles. The molecule has 0 spiro atoms. The molecule has 1 heteroatoms. The smallest absolute Gasteiger partial charge is 0.169 e. The predicted molar refractivity (Wildman–Crippen MR) is 69.7 cm³/mol. The first kappa shape index (κ1) is 10.0. The first-order chi connectivity index (χ1) is 8.34. The molecule has 0 amide bonds. The summed E-state index contributed by atoms with van der Waals surface area (Å²) in [7, 11) is 2.03. The molecule has 0 unspecified atom stereocenters. The van der Waals surface area contributed by atoms with Crippen LogP contribution in [0, 0.1) is 0 Å². The Morgan fingerprint density at radius 3 is 2.12 bits per heavy atom. The van der Waals surface area contributed by atoms with Crippen LogP contribution in [-0.2, 0) is 7.05 Å². The fraction of sp³-hybridized carbons (Fsp3) is 0.0625. The molecule has 1 heterocycles. The number of fused-ring (bicyclic) bond motifs is 1. The van der Waals surface area contributed by atoms with Crippen LogP contribution in [0.1, 0.15) is 0 Å². The van der Waals surface area contributed by atoms with E-state index in [1.165, 1.54) is 22.3 Å². The van der Waals surface area contributed by atoms with E-state index in [-0.39, 0.29) is 0 Å². The molecule has 1 nitrogen and oxygen atoms in total. The Labute approximate surface area is 101 Å². The summed E-state index contributed by atoms with van der Waals surface area (Å²) in [6.45, 7) is 0. The van der Waals surface area contributed by atoms with Crippen LogP contribution in [0.15, 0.2) is 67.0 Å². The maximum absolute atomic E-state index is 2.19. The summed E-state index contributed by atoms with van der Waals surface area (Å²) in [5, 5.41) is 0. The summed E-state index contributed by atoms with van der Waals surface area (Å²) in [4.78, 5) is 0. The monoisotopic (exact) mass is 220 g/mol. The van der Waals surface area contributed by atoms with Gasteiger partial charge in [-0.2, -0.15) is 0 Å². The molecule has 0 radical (unpaired) electrons. The van der Waals surface area contributed by atoms with Crippen molar-refractivity contribution in [2.45, 2.75) is 0 Å². The maximum Gasteiger partial charge on any atom is 0.169 e. The van der Waals surface area contributed by atoms with Gasteiger partial charge < -0.3 is 0 Å². The Kier molecular flexibility index (Phi) is 2.37. The maximum atomic E-state index is 2.19. The van der Waals surface area contributed by atoms with Crippen LogP contribution in [0.25, 0.3) is 22.3 Å². The van der Waals surface area contributed by atoms with Gasteiger partial charge in [-0.1, -0.05) is 42.5 Å². The Bertz CT molecular complexity index is 611. The molecule has 2 aliphatic carbocycles. The number of aryl methyl sites for hydroxylation is 1. The second kappa shape index (κ2) is 4.02.